The zero-order valence-corrected chi connectivity index (χ0v) is 20.1. The second-order valence-corrected chi connectivity index (χ2v) is 7.54. The molecular weight excluding hydrogens is 462 g/mol. The largest absolute Gasteiger partial charge is 0.363 e. The van der Waals surface area contributed by atoms with Crippen molar-refractivity contribution in [2.24, 2.45) is 0 Å². The quantitative estimate of drug-likeness (QED) is 0.331. The molecule has 33 heavy (non-hydrogen) atoms. The summed E-state index contributed by atoms with van der Waals surface area (Å²) in [5, 5.41) is 7.30. The van der Waals surface area contributed by atoms with Gasteiger partial charge < -0.3 is 10.6 Å². The zero-order chi connectivity index (χ0) is 22.0. The van der Waals surface area contributed by atoms with Crippen LogP contribution < -0.4 is 10.6 Å². The van der Waals surface area contributed by atoms with Gasteiger partial charge in [-0.05, 0) is 74.4 Å². The number of rotatable bonds is 5. The van der Waals surface area contributed by atoms with Crippen molar-refractivity contribution in [3.05, 3.63) is 95.1 Å². The lowest BCUT2D eigenvalue weighted by molar-refractivity contribution is 0.102. The second-order valence-electron chi connectivity index (χ2n) is 7.54. The van der Waals surface area contributed by atoms with Crippen molar-refractivity contribution in [3.8, 4) is 0 Å². The van der Waals surface area contributed by atoms with E-state index in [1.54, 1.807) is 0 Å². The van der Waals surface area contributed by atoms with E-state index in [9.17, 15) is 9.18 Å². The average Bonchev–Trinajstić information content (AvgIpc) is 2.75. The van der Waals surface area contributed by atoms with Crippen LogP contribution in [0.15, 0.2) is 66.7 Å². The number of nitrogens with zero attached hydrogens (tertiary/aromatic N) is 2. The lowest BCUT2D eigenvalue weighted by atomic mass is 10.1. The molecule has 0 aliphatic carbocycles. The summed E-state index contributed by atoms with van der Waals surface area (Å²) in [6.45, 7) is 5.99. The topological polar surface area (TPSA) is 66.9 Å². The summed E-state index contributed by atoms with van der Waals surface area (Å²) in [5.74, 6) is 0.865. The van der Waals surface area contributed by atoms with Crippen LogP contribution in [0.4, 0.5) is 15.9 Å². The summed E-state index contributed by atoms with van der Waals surface area (Å²) in [5.41, 5.74) is 4.19. The molecule has 0 aliphatic heterocycles. The van der Waals surface area contributed by atoms with E-state index in [0.717, 1.165) is 33.7 Å². The van der Waals surface area contributed by atoms with Gasteiger partial charge in [-0.15, -0.1) is 24.8 Å². The van der Waals surface area contributed by atoms with Gasteiger partial charge in [-0.1, -0.05) is 24.3 Å². The van der Waals surface area contributed by atoms with E-state index in [1.165, 1.54) is 24.3 Å². The van der Waals surface area contributed by atoms with Gasteiger partial charge in [-0.25, -0.2) is 14.4 Å². The third-order valence-electron chi connectivity index (χ3n) is 5.17. The second kappa shape index (κ2) is 11.1. The number of amides is 1. The summed E-state index contributed by atoms with van der Waals surface area (Å²) in [4.78, 5) is 21.5. The fraction of sp³-hybridized carbons (Fsp3) is 0.160. The molecule has 1 unspecified atom stereocenters. The molecule has 2 N–H and O–H groups in total. The van der Waals surface area contributed by atoms with Gasteiger partial charge in [0.25, 0.3) is 5.91 Å². The van der Waals surface area contributed by atoms with Crippen molar-refractivity contribution in [2.75, 3.05) is 10.6 Å². The summed E-state index contributed by atoms with van der Waals surface area (Å²) in [6, 6.07) is 19.1. The Morgan fingerprint density at radius 1 is 0.909 bits per heavy atom. The smallest absolute Gasteiger partial charge is 0.255 e. The van der Waals surface area contributed by atoms with Crippen molar-refractivity contribution in [3.63, 3.8) is 0 Å². The maximum atomic E-state index is 13.0. The molecule has 8 heteroatoms. The maximum absolute atomic E-state index is 13.0. The van der Waals surface area contributed by atoms with Crippen LogP contribution in [0.2, 0.25) is 0 Å². The van der Waals surface area contributed by atoms with E-state index < -0.39 is 0 Å². The van der Waals surface area contributed by atoms with E-state index in [0.29, 0.717) is 11.3 Å². The van der Waals surface area contributed by atoms with E-state index >= 15 is 0 Å². The van der Waals surface area contributed by atoms with Crippen molar-refractivity contribution < 1.29 is 9.18 Å². The molecular formula is C25H25Cl2FN4O. The highest BCUT2D eigenvalue weighted by molar-refractivity contribution is 6.04. The van der Waals surface area contributed by atoms with Gasteiger partial charge in [0.05, 0.1) is 5.52 Å². The number of aryl methyl sites for hydroxylation is 2. The van der Waals surface area contributed by atoms with Crippen LogP contribution in [0.5, 0.6) is 0 Å². The van der Waals surface area contributed by atoms with Crippen molar-refractivity contribution in [2.45, 2.75) is 26.8 Å². The Labute approximate surface area is 204 Å². The Bertz CT molecular complexity index is 1250. The van der Waals surface area contributed by atoms with E-state index in [4.69, 9.17) is 0 Å². The Morgan fingerprint density at radius 3 is 2.24 bits per heavy atom. The first-order valence-electron chi connectivity index (χ1n) is 10.1. The SMILES string of the molecule is Cc1nc(NC(C)c2ccc(NC(=O)c3ccc(F)cc3)cc2)c2cccc(C)c2n1.Cl.Cl. The summed E-state index contributed by atoms with van der Waals surface area (Å²) in [7, 11) is 0. The standard InChI is InChI=1S/C25H23FN4O.2ClH/c1-15-5-4-6-22-23(15)28-17(3)29-24(22)27-16(2)18-9-13-21(14-10-18)30-25(31)19-7-11-20(26)12-8-19;;/h4-14,16H,1-3H3,(H,30,31)(H,27,28,29);2*1H. The van der Waals surface area contributed by atoms with Gasteiger partial charge in [0.2, 0.25) is 0 Å². The number of carbonyl (C=O) groups excluding carboxylic acids is 1. The number of halogens is 3. The number of fused-ring (bicyclic) bond motifs is 1. The Morgan fingerprint density at radius 2 is 1.58 bits per heavy atom. The fourth-order valence-electron chi connectivity index (χ4n) is 3.47. The minimum absolute atomic E-state index is 0. The van der Waals surface area contributed by atoms with Crippen LogP contribution in [0.1, 0.15) is 40.3 Å². The van der Waals surface area contributed by atoms with E-state index in [-0.39, 0.29) is 42.6 Å². The first-order valence-corrected chi connectivity index (χ1v) is 10.1. The molecule has 0 saturated carbocycles. The van der Waals surface area contributed by atoms with E-state index in [1.807, 2.05) is 56.3 Å². The summed E-state index contributed by atoms with van der Waals surface area (Å²) in [6.07, 6.45) is 0. The van der Waals surface area contributed by atoms with Gasteiger partial charge in [0, 0.05) is 22.7 Å². The van der Waals surface area contributed by atoms with Crippen LogP contribution in [0.25, 0.3) is 10.9 Å². The van der Waals surface area contributed by atoms with Crippen LogP contribution in [0.3, 0.4) is 0 Å². The average molecular weight is 487 g/mol. The van der Waals surface area contributed by atoms with Gasteiger partial charge in [0.15, 0.2) is 0 Å². The summed E-state index contributed by atoms with van der Waals surface area (Å²) < 4.78 is 13.0. The Hall–Kier alpha value is -3.22. The highest BCUT2D eigenvalue weighted by Gasteiger charge is 2.12. The molecule has 0 spiro atoms. The van der Waals surface area contributed by atoms with Crippen LogP contribution in [-0.4, -0.2) is 15.9 Å². The van der Waals surface area contributed by atoms with Crippen molar-refractivity contribution >= 4 is 53.1 Å². The fourth-order valence-corrected chi connectivity index (χ4v) is 3.47. The number of carbonyl (C=O) groups is 1. The van der Waals surface area contributed by atoms with Crippen molar-refractivity contribution in [1.29, 1.82) is 0 Å². The minimum atomic E-state index is -0.371. The molecule has 1 amide bonds. The molecule has 0 aliphatic rings. The molecule has 3 aromatic carbocycles. The number of aromatic nitrogens is 2. The Kier molecular flexibility index (Phi) is 8.74. The van der Waals surface area contributed by atoms with Crippen LogP contribution in [-0.2, 0) is 0 Å². The zero-order valence-electron chi connectivity index (χ0n) is 18.4. The van der Waals surface area contributed by atoms with Gasteiger partial charge >= 0.3 is 0 Å². The van der Waals surface area contributed by atoms with Gasteiger partial charge in [-0.2, -0.15) is 0 Å². The number of hydrogen-bond acceptors (Lipinski definition) is 4. The van der Waals surface area contributed by atoms with Gasteiger partial charge in [0.1, 0.15) is 17.5 Å². The molecule has 0 saturated heterocycles. The molecule has 4 rings (SSSR count). The monoisotopic (exact) mass is 486 g/mol. The highest BCUT2D eigenvalue weighted by atomic mass is 35.5. The molecule has 1 aromatic heterocycles. The minimum Gasteiger partial charge on any atom is -0.363 e. The Balaban J connectivity index is 0.00000193. The first kappa shape index (κ1) is 26.0. The molecule has 1 heterocycles. The van der Waals surface area contributed by atoms with Crippen LogP contribution >= 0.6 is 24.8 Å². The molecule has 0 bridgehead atoms. The number of benzene rings is 3. The number of nitrogens with one attached hydrogen (secondary N) is 2. The molecule has 0 fully saturated rings. The third kappa shape index (κ3) is 5.97. The molecule has 4 aromatic rings. The predicted molar refractivity (Wildman–Crippen MR) is 136 cm³/mol. The molecule has 172 valence electrons. The molecule has 5 nitrogen and oxygen atoms in total. The molecule has 1 atom stereocenters. The third-order valence-corrected chi connectivity index (χ3v) is 5.17. The summed E-state index contributed by atoms with van der Waals surface area (Å²) >= 11 is 0. The van der Waals surface area contributed by atoms with Crippen molar-refractivity contribution in [1.82, 2.24) is 9.97 Å². The highest BCUT2D eigenvalue weighted by Crippen LogP contribution is 2.27. The van der Waals surface area contributed by atoms with Gasteiger partial charge in [-0.3, -0.25) is 4.79 Å². The van der Waals surface area contributed by atoms with E-state index in [2.05, 4.69) is 27.5 Å². The molecule has 0 radical (unpaired) electrons. The maximum Gasteiger partial charge on any atom is 0.255 e. The lowest BCUT2D eigenvalue weighted by Gasteiger charge is -2.18. The first-order chi connectivity index (χ1) is 14.9. The van der Waals surface area contributed by atoms with Crippen LogP contribution in [0, 0.1) is 19.7 Å². The number of hydrogen-bond donors (Lipinski definition) is 2. The lowest BCUT2D eigenvalue weighted by Crippen LogP contribution is -2.12. The predicted octanol–water partition coefficient (Wildman–Crippen LogP) is 6.65. The number of anilines is 2. The number of para-hydroxylation sites is 1. The normalized spacial score (nSPS) is 11.2.